The van der Waals surface area contributed by atoms with Crippen LogP contribution in [0.15, 0.2) is 24.3 Å². The zero-order valence-corrected chi connectivity index (χ0v) is 15.3. The molecule has 5 heteroatoms. The van der Waals surface area contributed by atoms with Gasteiger partial charge in [-0.05, 0) is 52.3 Å². The normalized spacial score (nSPS) is 14.0. The van der Waals surface area contributed by atoms with Crippen molar-refractivity contribution < 1.29 is 14.3 Å². The van der Waals surface area contributed by atoms with Crippen LogP contribution < -0.4 is 5.32 Å². The number of methoxy groups -OCH3 is 1. The first kappa shape index (κ1) is 19.3. The Morgan fingerprint density at radius 1 is 1.30 bits per heavy atom. The third-order valence-corrected chi connectivity index (χ3v) is 3.52. The van der Waals surface area contributed by atoms with E-state index in [1.54, 1.807) is 19.1 Å². The van der Waals surface area contributed by atoms with E-state index in [-0.39, 0.29) is 18.2 Å². The molecule has 0 aliphatic carbocycles. The lowest BCUT2D eigenvalue weighted by Gasteiger charge is -2.25. The van der Waals surface area contributed by atoms with Crippen LogP contribution in [0.2, 0.25) is 0 Å². The van der Waals surface area contributed by atoms with Gasteiger partial charge in [0.25, 0.3) is 0 Å². The third kappa shape index (κ3) is 6.91. The van der Waals surface area contributed by atoms with Crippen molar-refractivity contribution in [3.05, 3.63) is 29.8 Å². The minimum atomic E-state index is -0.486. The molecule has 5 nitrogen and oxygen atoms in total. The molecule has 1 aromatic rings. The molecule has 0 aromatic heterocycles. The topological polar surface area (TPSA) is 50.8 Å². The van der Waals surface area contributed by atoms with Crippen molar-refractivity contribution >= 4 is 11.8 Å². The fraction of sp³-hybridized carbons (Fsp3) is 0.611. The molecule has 1 amide bonds. The molecule has 1 aromatic carbocycles. The number of hydrogen-bond donors (Lipinski definition) is 1. The maximum Gasteiger partial charge on any atom is 0.410 e. The molecule has 0 saturated heterocycles. The molecule has 0 fully saturated rings. The number of anilines is 1. The molecule has 0 aliphatic rings. The first-order valence-corrected chi connectivity index (χ1v) is 7.95. The van der Waals surface area contributed by atoms with Crippen LogP contribution >= 0.6 is 0 Å². The van der Waals surface area contributed by atoms with Gasteiger partial charge < -0.3 is 19.7 Å². The average Bonchev–Trinajstić information content (AvgIpc) is 2.44. The lowest BCUT2D eigenvalue weighted by molar-refractivity contribution is 0.0285. The molecular weight excluding hydrogens is 292 g/mol. The monoisotopic (exact) mass is 322 g/mol. The van der Waals surface area contributed by atoms with Gasteiger partial charge in [-0.25, -0.2) is 4.79 Å². The molecule has 0 radical (unpaired) electrons. The Balaban J connectivity index is 2.68. The molecule has 2 unspecified atom stereocenters. The number of nitrogens with zero attached hydrogens (tertiary/aromatic N) is 1. The predicted molar refractivity (Wildman–Crippen MR) is 93.7 cm³/mol. The second-order valence-corrected chi connectivity index (χ2v) is 6.91. The van der Waals surface area contributed by atoms with E-state index in [2.05, 4.69) is 12.2 Å². The van der Waals surface area contributed by atoms with Gasteiger partial charge in [0.15, 0.2) is 0 Å². The van der Waals surface area contributed by atoms with Gasteiger partial charge in [-0.15, -0.1) is 0 Å². The minimum Gasteiger partial charge on any atom is -0.444 e. The predicted octanol–water partition coefficient (Wildman–Crippen LogP) is 3.89. The highest BCUT2D eigenvalue weighted by molar-refractivity contribution is 5.67. The lowest BCUT2D eigenvalue weighted by Crippen LogP contribution is -2.33. The third-order valence-electron chi connectivity index (χ3n) is 3.52. The molecule has 0 spiro atoms. The lowest BCUT2D eigenvalue weighted by atomic mass is 10.1. The van der Waals surface area contributed by atoms with Gasteiger partial charge in [0.2, 0.25) is 0 Å². The van der Waals surface area contributed by atoms with Crippen molar-refractivity contribution in [1.82, 2.24) is 4.90 Å². The summed E-state index contributed by atoms with van der Waals surface area (Å²) in [5.74, 6) is 0. The van der Waals surface area contributed by atoms with Gasteiger partial charge in [0.1, 0.15) is 5.60 Å². The van der Waals surface area contributed by atoms with E-state index in [4.69, 9.17) is 9.47 Å². The van der Waals surface area contributed by atoms with E-state index in [1.807, 2.05) is 52.0 Å². The maximum absolute atomic E-state index is 12.0. The molecule has 0 aliphatic heterocycles. The Bertz CT molecular complexity index is 511. The Labute approximate surface area is 140 Å². The Morgan fingerprint density at radius 2 is 1.96 bits per heavy atom. The van der Waals surface area contributed by atoms with Crippen molar-refractivity contribution in [3.63, 3.8) is 0 Å². The first-order valence-electron chi connectivity index (χ1n) is 7.95. The molecule has 130 valence electrons. The first-order chi connectivity index (χ1) is 10.6. The van der Waals surface area contributed by atoms with Crippen LogP contribution in [0, 0.1) is 0 Å². The molecule has 0 heterocycles. The zero-order chi connectivity index (χ0) is 17.6. The fourth-order valence-corrected chi connectivity index (χ4v) is 2.02. The molecule has 23 heavy (non-hydrogen) atoms. The molecule has 0 saturated carbocycles. The highest BCUT2D eigenvalue weighted by atomic mass is 16.6. The van der Waals surface area contributed by atoms with Crippen LogP contribution in [0.1, 0.15) is 40.2 Å². The number of amides is 1. The van der Waals surface area contributed by atoms with Crippen molar-refractivity contribution in [2.45, 2.75) is 58.9 Å². The van der Waals surface area contributed by atoms with Crippen LogP contribution in [0.5, 0.6) is 0 Å². The van der Waals surface area contributed by atoms with Crippen LogP contribution in [-0.4, -0.2) is 42.9 Å². The summed E-state index contributed by atoms with van der Waals surface area (Å²) < 4.78 is 10.7. The number of carbonyl (C=O) groups is 1. The van der Waals surface area contributed by atoms with Gasteiger partial charge >= 0.3 is 6.09 Å². The zero-order valence-electron chi connectivity index (χ0n) is 15.3. The van der Waals surface area contributed by atoms with Crippen LogP contribution in [-0.2, 0) is 16.0 Å². The molecule has 1 rings (SSSR count). The van der Waals surface area contributed by atoms with Crippen molar-refractivity contribution in [2.24, 2.45) is 0 Å². The largest absolute Gasteiger partial charge is 0.444 e. The summed E-state index contributed by atoms with van der Waals surface area (Å²) in [5.41, 5.74) is 1.57. The Morgan fingerprint density at radius 3 is 2.52 bits per heavy atom. The highest BCUT2D eigenvalue weighted by Gasteiger charge is 2.19. The van der Waals surface area contributed by atoms with Crippen molar-refractivity contribution in [1.29, 1.82) is 0 Å². The number of hydrogen-bond acceptors (Lipinski definition) is 4. The van der Waals surface area contributed by atoms with Gasteiger partial charge in [-0.3, -0.25) is 0 Å². The summed E-state index contributed by atoms with van der Waals surface area (Å²) in [6.45, 7) is 10.2. The van der Waals surface area contributed by atoms with E-state index < -0.39 is 5.60 Å². The standard InChI is InChI=1S/C18H30N2O3/c1-13(14(2)22-7)19-16-10-8-9-15(11-16)12-20(6)17(21)23-18(3,4)5/h8-11,13-14,19H,12H2,1-7H3. The van der Waals surface area contributed by atoms with Crippen molar-refractivity contribution in [2.75, 3.05) is 19.5 Å². The summed E-state index contributed by atoms with van der Waals surface area (Å²) >= 11 is 0. The summed E-state index contributed by atoms with van der Waals surface area (Å²) in [4.78, 5) is 13.6. The summed E-state index contributed by atoms with van der Waals surface area (Å²) in [5, 5.41) is 3.41. The smallest absolute Gasteiger partial charge is 0.410 e. The summed E-state index contributed by atoms with van der Waals surface area (Å²) in [7, 11) is 3.44. The van der Waals surface area contributed by atoms with Gasteiger partial charge in [-0.1, -0.05) is 12.1 Å². The van der Waals surface area contributed by atoms with E-state index >= 15 is 0 Å². The number of benzene rings is 1. The van der Waals surface area contributed by atoms with Gasteiger partial charge in [0.05, 0.1) is 6.10 Å². The Hall–Kier alpha value is -1.75. The maximum atomic E-state index is 12.0. The van der Waals surface area contributed by atoms with Crippen LogP contribution in [0.25, 0.3) is 0 Å². The van der Waals surface area contributed by atoms with Crippen LogP contribution in [0.3, 0.4) is 0 Å². The Kier molecular flexibility index (Phi) is 6.88. The SMILES string of the molecule is COC(C)C(C)Nc1cccc(CN(C)C(=O)OC(C)(C)C)c1. The fourth-order valence-electron chi connectivity index (χ4n) is 2.02. The number of rotatable bonds is 6. The van der Waals surface area contributed by atoms with E-state index in [1.165, 1.54) is 0 Å². The van der Waals surface area contributed by atoms with Crippen LogP contribution in [0.4, 0.5) is 10.5 Å². The molecule has 1 N–H and O–H groups in total. The van der Waals surface area contributed by atoms with Gasteiger partial charge in [0, 0.05) is 32.4 Å². The quantitative estimate of drug-likeness (QED) is 0.863. The number of carbonyl (C=O) groups excluding carboxylic acids is 1. The molecule has 2 atom stereocenters. The summed E-state index contributed by atoms with van der Waals surface area (Å²) in [6.07, 6.45) is -0.208. The van der Waals surface area contributed by atoms with Crippen molar-refractivity contribution in [3.8, 4) is 0 Å². The molecule has 0 bridgehead atoms. The molecular formula is C18H30N2O3. The average molecular weight is 322 g/mol. The summed E-state index contributed by atoms with van der Waals surface area (Å²) in [6, 6.07) is 8.22. The van der Waals surface area contributed by atoms with E-state index in [0.29, 0.717) is 6.54 Å². The second kappa shape index (κ2) is 8.20. The second-order valence-electron chi connectivity index (χ2n) is 6.91. The number of nitrogens with one attached hydrogen (secondary N) is 1. The van der Waals surface area contributed by atoms with E-state index in [0.717, 1.165) is 11.3 Å². The number of ether oxygens (including phenoxy) is 2. The minimum absolute atomic E-state index is 0.114. The van der Waals surface area contributed by atoms with Gasteiger partial charge in [-0.2, -0.15) is 0 Å². The van der Waals surface area contributed by atoms with E-state index in [9.17, 15) is 4.79 Å². The highest BCUT2D eigenvalue weighted by Crippen LogP contribution is 2.16.